The van der Waals surface area contributed by atoms with Crippen LogP contribution in [0.2, 0.25) is 0 Å². The molecule has 0 spiro atoms. The van der Waals surface area contributed by atoms with Gasteiger partial charge in [0.15, 0.2) is 5.96 Å². The third-order valence-electron chi connectivity index (χ3n) is 5.07. The number of nitrogens with one attached hydrogen (secondary N) is 2. The number of hydrogen-bond acceptors (Lipinski definition) is 5. The molecule has 26 heavy (non-hydrogen) atoms. The van der Waals surface area contributed by atoms with E-state index in [9.17, 15) is 0 Å². The number of halogens is 1. The van der Waals surface area contributed by atoms with Gasteiger partial charge in [-0.2, -0.15) is 5.10 Å². The predicted molar refractivity (Wildman–Crippen MR) is 113 cm³/mol. The van der Waals surface area contributed by atoms with Crippen molar-refractivity contribution in [3.05, 3.63) is 11.6 Å². The van der Waals surface area contributed by atoms with Crippen LogP contribution in [-0.2, 0) is 11.3 Å². The molecule has 0 aromatic carbocycles. The second-order valence-electron chi connectivity index (χ2n) is 7.04. The minimum atomic E-state index is 0. The smallest absolute Gasteiger partial charge is 0.191 e. The summed E-state index contributed by atoms with van der Waals surface area (Å²) >= 11 is 0. The molecule has 0 radical (unpaired) electrons. The average molecular weight is 477 g/mol. The summed E-state index contributed by atoms with van der Waals surface area (Å²) in [6.45, 7) is 10.8. The van der Waals surface area contributed by atoms with E-state index in [2.05, 4.69) is 44.5 Å². The third-order valence-corrected chi connectivity index (χ3v) is 5.07. The van der Waals surface area contributed by atoms with E-state index in [0.29, 0.717) is 12.1 Å². The Balaban J connectivity index is 0.00000243. The maximum Gasteiger partial charge on any atom is 0.191 e. The first-order valence-electron chi connectivity index (χ1n) is 9.30. The van der Waals surface area contributed by atoms with Gasteiger partial charge >= 0.3 is 0 Å². The minimum Gasteiger partial charge on any atom is -0.379 e. The highest BCUT2D eigenvalue weighted by Gasteiger charge is 2.26. The van der Waals surface area contributed by atoms with Crippen LogP contribution in [0.4, 0.5) is 0 Å². The number of aromatic nitrogens is 3. The summed E-state index contributed by atoms with van der Waals surface area (Å²) in [4.78, 5) is 11.5. The summed E-state index contributed by atoms with van der Waals surface area (Å²) in [5.41, 5.74) is 0. The van der Waals surface area contributed by atoms with E-state index < -0.39 is 0 Å². The molecule has 1 fully saturated rings. The normalized spacial score (nSPS) is 25.2. The fraction of sp³-hybridized carbons (Fsp3) is 0.824. The average Bonchev–Trinajstić information content (AvgIpc) is 2.99. The summed E-state index contributed by atoms with van der Waals surface area (Å²) in [5, 5.41) is 11.5. The van der Waals surface area contributed by atoms with E-state index >= 15 is 0 Å². The van der Waals surface area contributed by atoms with Crippen LogP contribution in [0.25, 0.3) is 0 Å². The van der Waals surface area contributed by atoms with Gasteiger partial charge in [0.1, 0.15) is 11.6 Å². The van der Waals surface area contributed by atoms with Crippen molar-refractivity contribution in [2.24, 2.45) is 4.99 Å². The van der Waals surface area contributed by atoms with E-state index in [1.54, 1.807) is 0 Å². The molecule has 2 aliphatic rings. The van der Waals surface area contributed by atoms with Gasteiger partial charge in [0.25, 0.3) is 0 Å². The third kappa shape index (κ3) is 5.07. The molecule has 0 saturated carbocycles. The lowest BCUT2D eigenvalue weighted by molar-refractivity contribution is -0.0174. The predicted octanol–water partition coefficient (Wildman–Crippen LogP) is 1.31. The fourth-order valence-electron chi connectivity index (χ4n) is 3.72. The van der Waals surface area contributed by atoms with Crippen LogP contribution in [0.15, 0.2) is 4.99 Å². The number of hydrogen-bond donors (Lipinski definition) is 2. The number of morpholine rings is 1. The largest absolute Gasteiger partial charge is 0.379 e. The first-order chi connectivity index (χ1) is 12.1. The van der Waals surface area contributed by atoms with Crippen molar-refractivity contribution in [3.8, 4) is 0 Å². The molecule has 3 rings (SSSR count). The van der Waals surface area contributed by atoms with Gasteiger partial charge in [-0.1, -0.05) is 0 Å². The van der Waals surface area contributed by atoms with E-state index in [1.165, 1.54) is 0 Å². The molecule has 0 amide bonds. The lowest BCUT2D eigenvalue weighted by atomic mass is 10.1. The molecule has 8 nitrogen and oxygen atoms in total. The van der Waals surface area contributed by atoms with Crippen molar-refractivity contribution in [2.45, 2.75) is 58.3 Å². The molecule has 0 aliphatic carbocycles. The van der Waals surface area contributed by atoms with Crippen molar-refractivity contribution < 1.29 is 4.74 Å². The van der Waals surface area contributed by atoms with E-state index in [0.717, 1.165) is 63.3 Å². The van der Waals surface area contributed by atoms with Crippen molar-refractivity contribution in [2.75, 3.05) is 33.4 Å². The Morgan fingerprint density at radius 1 is 1.42 bits per heavy atom. The van der Waals surface area contributed by atoms with Gasteiger partial charge in [0, 0.05) is 38.8 Å². The topological polar surface area (TPSA) is 79.6 Å². The number of rotatable bonds is 4. The van der Waals surface area contributed by atoms with Crippen molar-refractivity contribution in [3.63, 3.8) is 0 Å². The van der Waals surface area contributed by atoms with Crippen molar-refractivity contribution >= 4 is 29.9 Å². The van der Waals surface area contributed by atoms with Gasteiger partial charge in [-0.15, -0.1) is 24.0 Å². The van der Waals surface area contributed by atoms with Crippen molar-refractivity contribution in [1.82, 2.24) is 30.3 Å². The molecular formula is C17H32IN7O. The molecule has 148 valence electrons. The van der Waals surface area contributed by atoms with Crippen LogP contribution < -0.4 is 10.6 Å². The summed E-state index contributed by atoms with van der Waals surface area (Å²) in [5.74, 6) is 2.68. The maximum absolute atomic E-state index is 5.53. The first kappa shape index (κ1) is 21.4. The molecule has 3 heterocycles. The molecule has 3 atom stereocenters. The highest BCUT2D eigenvalue weighted by atomic mass is 127. The molecule has 1 aromatic rings. The number of fused-ring (bicyclic) bond motifs is 1. The second kappa shape index (κ2) is 9.84. The summed E-state index contributed by atoms with van der Waals surface area (Å²) in [7, 11) is 1.82. The molecule has 2 aliphatic heterocycles. The monoisotopic (exact) mass is 477 g/mol. The number of aryl methyl sites for hydroxylation is 2. The van der Waals surface area contributed by atoms with Crippen LogP contribution in [-0.4, -0.2) is 71.1 Å². The van der Waals surface area contributed by atoms with Crippen molar-refractivity contribution in [1.29, 1.82) is 0 Å². The highest BCUT2D eigenvalue weighted by Crippen LogP contribution is 2.22. The summed E-state index contributed by atoms with van der Waals surface area (Å²) in [6, 6.07) is 1.05. The Morgan fingerprint density at radius 3 is 2.96 bits per heavy atom. The number of nitrogens with zero attached hydrogens (tertiary/aromatic N) is 5. The van der Waals surface area contributed by atoms with E-state index in [1.807, 2.05) is 18.7 Å². The SMILES string of the molecule is CN=C(NCC(C)N1CCOCC1C)NC1CCCn2nc(C)nc21.I. The minimum absolute atomic E-state index is 0. The standard InChI is InChI=1S/C17H31N7O.HI/c1-12(23-8-9-25-11-13(23)2)10-19-17(18-4)21-15-6-5-7-24-16(15)20-14(3)22-24;/h12-13,15H,5-11H2,1-4H3,(H2,18,19,21);1H. The van der Waals surface area contributed by atoms with Crippen LogP contribution in [0.5, 0.6) is 0 Å². The highest BCUT2D eigenvalue weighted by molar-refractivity contribution is 14.0. The van der Waals surface area contributed by atoms with Crippen LogP contribution >= 0.6 is 24.0 Å². The van der Waals surface area contributed by atoms with E-state index in [-0.39, 0.29) is 30.0 Å². The lowest BCUT2D eigenvalue weighted by Crippen LogP contribution is -2.53. The van der Waals surface area contributed by atoms with Gasteiger partial charge in [0.2, 0.25) is 0 Å². The molecular weight excluding hydrogens is 445 g/mol. The fourth-order valence-corrected chi connectivity index (χ4v) is 3.72. The molecule has 0 bridgehead atoms. The van der Waals surface area contributed by atoms with E-state index in [4.69, 9.17) is 4.74 Å². The zero-order valence-corrected chi connectivity index (χ0v) is 18.6. The second-order valence-corrected chi connectivity index (χ2v) is 7.04. The van der Waals surface area contributed by atoms with Gasteiger partial charge in [-0.3, -0.25) is 9.89 Å². The summed E-state index contributed by atoms with van der Waals surface area (Å²) in [6.07, 6.45) is 2.15. The molecule has 2 N–H and O–H groups in total. The summed E-state index contributed by atoms with van der Waals surface area (Å²) < 4.78 is 7.55. The van der Waals surface area contributed by atoms with Crippen LogP contribution in [0.1, 0.15) is 44.4 Å². The Bertz CT molecular complexity index is 606. The Kier molecular flexibility index (Phi) is 8.08. The van der Waals surface area contributed by atoms with Gasteiger partial charge in [0.05, 0.1) is 19.3 Å². The Labute approximate surface area is 173 Å². The molecule has 1 aromatic heterocycles. The van der Waals surface area contributed by atoms with Gasteiger partial charge in [-0.25, -0.2) is 9.67 Å². The lowest BCUT2D eigenvalue weighted by Gasteiger charge is -2.38. The zero-order valence-electron chi connectivity index (χ0n) is 16.2. The first-order valence-corrected chi connectivity index (χ1v) is 9.30. The molecule has 9 heteroatoms. The Morgan fingerprint density at radius 2 is 2.23 bits per heavy atom. The number of ether oxygens (including phenoxy) is 1. The number of aliphatic imine (C=N–C) groups is 1. The van der Waals surface area contributed by atoms with Crippen LogP contribution in [0.3, 0.4) is 0 Å². The van der Waals surface area contributed by atoms with Gasteiger partial charge < -0.3 is 15.4 Å². The zero-order chi connectivity index (χ0) is 17.8. The Hall–Kier alpha value is -0.940. The van der Waals surface area contributed by atoms with Gasteiger partial charge in [-0.05, 0) is 33.6 Å². The quantitative estimate of drug-likeness (QED) is 0.387. The molecule has 3 unspecified atom stereocenters. The van der Waals surface area contributed by atoms with Crippen LogP contribution in [0, 0.1) is 6.92 Å². The maximum atomic E-state index is 5.53. The molecule has 1 saturated heterocycles. The number of guanidine groups is 1.